The van der Waals surface area contributed by atoms with Gasteiger partial charge in [-0.1, -0.05) is 11.6 Å². The third-order valence-corrected chi connectivity index (χ3v) is 8.84. The van der Waals surface area contributed by atoms with E-state index in [1.807, 2.05) is 6.07 Å². The Hall–Kier alpha value is -0.290. The molecule has 28 heavy (non-hydrogen) atoms. The van der Waals surface area contributed by atoms with E-state index in [0.717, 1.165) is 50.2 Å². The molecular weight excluding hydrogens is 550 g/mol. The van der Waals surface area contributed by atoms with Gasteiger partial charge >= 0.3 is 0 Å². The molecule has 150 valence electrons. The van der Waals surface area contributed by atoms with Crippen molar-refractivity contribution in [1.82, 2.24) is 15.1 Å². The molecule has 0 radical (unpaired) electrons. The van der Waals surface area contributed by atoms with Crippen LogP contribution in [0.5, 0.6) is 0 Å². The molecule has 1 unspecified atom stereocenters. The normalized spacial score (nSPS) is 20.5. The van der Waals surface area contributed by atoms with Gasteiger partial charge in [-0.3, -0.25) is 19.4 Å². The van der Waals surface area contributed by atoms with Crippen LogP contribution in [0.15, 0.2) is 19.7 Å². The number of Topliss-reactive ketones (excluding diaryl/α,β-unsaturated/α-hetero) is 1. The second-order valence-electron chi connectivity index (χ2n) is 6.94. The lowest BCUT2D eigenvalue weighted by molar-refractivity contribution is -0.123. The summed E-state index contributed by atoms with van der Waals surface area (Å²) in [7, 11) is 0. The van der Waals surface area contributed by atoms with Crippen LogP contribution in [0.1, 0.15) is 33.3 Å². The molecule has 1 aliphatic heterocycles. The first-order valence-electron chi connectivity index (χ1n) is 8.90. The predicted molar refractivity (Wildman–Crippen MR) is 121 cm³/mol. The van der Waals surface area contributed by atoms with Gasteiger partial charge in [0.25, 0.3) is 0 Å². The number of carbonyl (C=O) groups excluding carboxylic acids is 2. The fourth-order valence-corrected chi connectivity index (χ4v) is 8.18. The molecule has 2 aromatic rings. The molecule has 1 aliphatic carbocycles. The van der Waals surface area contributed by atoms with Gasteiger partial charge in [-0.25, -0.2) is 0 Å². The fraction of sp³-hybridized carbons (Fsp3) is 0.444. The Morgan fingerprint density at radius 3 is 2.54 bits per heavy atom. The Kier molecular flexibility index (Phi) is 6.61. The number of nitrogens with zero attached hydrogens (tertiary/aromatic N) is 2. The first-order valence-corrected chi connectivity index (χ1v) is 12.5. The summed E-state index contributed by atoms with van der Waals surface area (Å²) in [6, 6.07) is 3.77. The lowest BCUT2D eigenvalue weighted by atomic mass is 10.2. The average Bonchev–Trinajstić information content (AvgIpc) is 3.27. The van der Waals surface area contributed by atoms with E-state index in [9.17, 15) is 9.59 Å². The summed E-state index contributed by atoms with van der Waals surface area (Å²) in [6.45, 7) is 4.84. The van der Waals surface area contributed by atoms with Crippen LogP contribution in [-0.2, 0) is 11.3 Å². The van der Waals surface area contributed by atoms with Gasteiger partial charge in [0.2, 0.25) is 5.91 Å². The molecule has 0 saturated carbocycles. The number of amides is 1. The molecule has 1 fully saturated rings. The Balaban J connectivity index is 1.27. The third kappa shape index (κ3) is 4.55. The highest BCUT2D eigenvalue weighted by Crippen LogP contribution is 2.46. The van der Waals surface area contributed by atoms with Crippen molar-refractivity contribution in [3.05, 3.63) is 40.0 Å². The number of ketones is 1. The number of piperazine rings is 1. The van der Waals surface area contributed by atoms with Crippen molar-refractivity contribution in [1.29, 1.82) is 0 Å². The van der Waals surface area contributed by atoms with Crippen molar-refractivity contribution >= 4 is 77.8 Å². The molecular formula is C18H18Br2ClN3O2S2. The molecule has 4 rings (SSSR count). The van der Waals surface area contributed by atoms with E-state index in [0.29, 0.717) is 18.5 Å². The van der Waals surface area contributed by atoms with Crippen molar-refractivity contribution in [3.63, 3.8) is 0 Å². The number of fused-ring (bicyclic) bond motifs is 1. The second kappa shape index (κ2) is 8.83. The summed E-state index contributed by atoms with van der Waals surface area (Å²) >= 11 is 16.1. The largest absolute Gasteiger partial charge is 0.348 e. The van der Waals surface area contributed by atoms with Gasteiger partial charge in [-0.2, -0.15) is 0 Å². The van der Waals surface area contributed by atoms with Gasteiger partial charge in [0.15, 0.2) is 5.78 Å². The minimum absolute atomic E-state index is 0.0293. The summed E-state index contributed by atoms with van der Waals surface area (Å²) in [5.74, 6) is 0.0507. The van der Waals surface area contributed by atoms with Gasteiger partial charge < -0.3 is 5.32 Å². The molecule has 10 heteroatoms. The van der Waals surface area contributed by atoms with Gasteiger partial charge in [0, 0.05) is 55.1 Å². The summed E-state index contributed by atoms with van der Waals surface area (Å²) in [5.41, 5.74) is 1.62. The maximum absolute atomic E-state index is 12.6. The van der Waals surface area contributed by atoms with Gasteiger partial charge in [0.1, 0.15) is 0 Å². The van der Waals surface area contributed by atoms with Gasteiger partial charge in [-0.15, -0.1) is 22.7 Å². The van der Waals surface area contributed by atoms with E-state index >= 15 is 0 Å². The smallest absolute Gasteiger partial charge is 0.234 e. The molecule has 3 heterocycles. The predicted octanol–water partition coefficient (Wildman–Crippen LogP) is 4.55. The van der Waals surface area contributed by atoms with Crippen molar-refractivity contribution in [2.24, 2.45) is 0 Å². The van der Waals surface area contributed by atoms with E-state index in [4.69, 9.17) is 11.6 Å². The van der Waals surface area contributed by atoms with Crippen molar-refractivity contribution in [2.75, 3.05) is 32.7 Å². The quantitative estimate of drug-likeness (QED) is 0.576. The zero-order valence-corrected chi connectivity index (χ0v) is 20.4. The molecule has 0 aromatic carbocycles. The Morgan fingerprint density at radius 1 is 1.14 bits per heavy atom. The standard InChI is InChI=1S/C18H18Br2ClN3O2S2/c19-17-15-11(7-12(25)16(15)18(20)28-17)22-14(26)9-24-5-3-23(4-6-24)8-10-1-2-13(21)27-10/h1-2,11H,3-9H2,(H,22,26). The monoisotopic (exact) mass is 565 g/mol. The average molecular weight is 568 g/mol. The molecule has 1 saturated heterocycles. The van der Waals surface area contributed by atoms with Crippen molar-refractivity contribution in [3.8, 4) is 0 Å². The van der Waals surface area contributed by atoms with E-state index in [2.05, 4.69) is 53.0 Å². The zero-order chi connectivity index (χ0) is 19.8. The fourth-order valence-electron chi connectivity index (χ4n) is 3.68. The van der Waals surface area contributed by atoms with Crippen LogP contribution in [0, 0.1) is 0 Å². The van der Waals surface area contributed by atoms with Crippen LogP contribution >= 0.6 is 66.1 Å². The van der Waals surface area contributed by atoms with Gasteiger partial charge in [-0.05, 0) is 44.0 Å². The Bertz CT molecular complexity index is 909. The van der Waals surface area contributed by atoms with Gasteiger partial charge in [0.05, 0.1) is 24.5 Å². The Labute approximate surface area is 193 Å². The van der Waals surface area contributed by atoms with E-state index in [-0.39, 0.29) is 17.7 Å². The maximum Gasteiger partial charge on any atom is 0.234 e. The van der Waals surface area contributed by atoms with E-state index in [1.165, 1.54) is 16.2 Å². The van der Waals surface area contributed by atoms with Crippen molar-refractivity contribution in [2.45, 2.75) is 19.0 Å². The highest BCUT2D eigenvalue weighted by atomic mass is 79.9. The zero-order valence-electron chi connectivity index (χ0n) is 14.8. The topological polar surface area (TPSA) is 52.7 Å². The van der Waals surface area contributed by atoms with Crippen LogP contribution in [0.4, 0.5) is 0 Å². The minimum atomic E-state index is -0.239. The van der Waals surface area contributed by atoms with Crippen molar-refractivity contribution < 1.29 is 9.59 Å². The summed E-state index contributed by atoms with van der Waals surface area (Å²) in [4.78, 5) is 30.6. The molecule has 1 atom stereocenters. The lowest BCUT2D eigenvalue weighted by Gasteiger charge is -2.34. The second-order valence-corrected chi connectivity index (χ2v) is 12.4. The molecule has 5 nitrogen and oxygen atoms in total. The maximum atomic E-state index is 12.6. The summed E-state index contributed by atoms with van der Waals surface area (Å²) < 4.78 is 2.57. The highest BCUT2D eigenvalue weighted by Gasteiger charge is 2.36. The molecule has 2 aliphatic rings. The van der Waals surface area contributed by atoms with Crippen LogP contribution < -0.4 is 5.32 Å². The van der Waals surface area contributed by atoms with Crippen LogP contribution in [-0.4, -0.2) is 54.2 Å². The number of hydrogen-bond donors (Lipinski definition) is 1. The van der Waals surface area contributed by atoms with Crippen LogP contribution in [0.2, 0.25) is 4.34 Å². The molecule has 1 N–H and O–H groups in total. The summed E-state index contributed by atoms with van der Waals surface area (Å²) in [6.07, 6.45) is 0.332. The number of nitrogens with one attached hydrogen (secondary N) is 1. The SMILES string of the molecule is O=C(CN1CCN(Cc2ccc(Cl)s2)CC1)NC1CC(=O)c2c(Br)sc(Br)c21. The molecule has 0 bridgehead atoms. The number of carbonyl (C=O) groups is 2. The Morgan fingerprint density at radius 2 is 1.86 bits per heavy atom. The lowest BCUT2D eigenvalue weighted by Crippen LogP contribution is -2.49. The first kappa shape index (κ1) is 21.0. The number of halogens is 3. The van der Waals surface area contributed by atoms with Crippen LogP contribution in [0.3, 0.4) is 0 Å². The number of hydrogen-bond acceptors (Lipinski definition) is 6. The first-order chi connectivity index (χ1) is 13.4. The number of thiophene rings is 2. The van der Waals surface area contributed by atoms with E-state index < -0.39 is 0 Å². The minimum Gasteiger partial charge on any atom is -0.348 e. The van der Waals surface area contributed by atoms with Crippen LogP contribution in [0.25, 0.3) is 0 Å². The molecule has 1 amide bonds. The molecule has 2 aromatic heterocycles. The number of rotatable bonds is 5. The molecule has 0 spiro atoms. The third-order valence-electron chi connectivity index (χ3n) is 5.05. The summed E-state index contributed by atoms with van der Waals surface area (Å²) in [5, 5.41) is 3.05. The van der Waals surface area contributed by atoms with E-state index in [1.54, 1.807) is 11.3 Å². The highest BCUT2D eigenvalue weighted by molar-refractivity contribution is 9.12.